The van der Waals surface area contributed by atoms with Gasteiger partial charge in [0, 0.05) is 12.0 Å². The summed E-state index contributed by atoms with van der Waals surface area (Å²) in [7, 11) is 0. The first-order valence-electron chi connectivity index (χ1n) is 6.35. The zero-order valence-electron chi connectivity index (χ0n) is 11.9. The number of piperidine rings is 1. The summed E-state index contributed by atoms with van der Waals surface area (Å²) in [6.45, 7) is 9.46. The van der Waals surface area contributed by atoms with E-state index in [1.165, 1.54) is 4.90 Å². The van der Waals surface area contributed by atoms with E-state index in [0.717, 1.165) is 0 Å². The molecular formula is C13H25NO4. The molecule has 0 aromatic heterocycles. The van der Waals surface area contributed by atoms with Crippen LogP contribution in [0, 0.1) is 5.41 Å². The van der Waals surface area contributed by atoms with Crippen LogP contribution in [0.4, 0.5) is 4.79 Å². The fourth-order valence-electron chi connectivity index (χ4n) is 2.08. The van der Waals surface area contributed by atoms with E-state index in [4.69, 9.17) is 4.74 Å². The number of carbonyl (C=O) groups is 1. The number of carbonyl (C=O) groups excluding carboxylic acids is 1. The number of likely N-dealkylation sites (tertiary alicyclic amines) is 1. The average molecular weight is 259 g/mol. The number of nitrogens with zero attached hydrogens (tertiary/aromatic N) is 1. The quantitative estimate of drug-likeness (QED) is 0.746. The van der Waals surface area contributed by atoms with E-state index in [2.05, 4.69) is 0 Å². The van der Waals surface area contributed by atoms with Gasteiger partial charge in [-0.1, -0.05) is 13.8 Å². The molecule has 18 heavy (non-hydrogen) atoms. The minimum absolute atomic E-state index is 0.160. The van der Waals surface area contributed by atoms with Crippen molar-refractivity contribution in [2.24, 2.45) is 5.41 Å². The van der Waals surface area contributed by atoms with E-state index < -0.39 is 17.8 Å². The molecule has 0 aromatic carbocycles. The first-order chi connectivity index (χ1) is 8.07. The number of hydrogen-bond donors (Lipinski definition) is 2. The molecule has 0 aliphatic carbocycles. The van der Waals surface area contributed by atoms with E-state index in [-0.39, 0.29) is 18.1 Å². The number of aliphatic hydroxyl groups excluding tert-OH is 2. The summed E-state index contributed by atoms with van der Waals surface area (Å²) < 4.78 is 5.33. The molecule has 1 amide bonds. The number of amides is 1. The van der Waals surface area contributed by atoms with Crippen molar-refractivity contribution in [3.05, 3.63) is 0 Å². The standard InChI is InChI=1S/C13H25NO4/c1-12(2,3)18-11(17)14-8-13(4,5)10(16)6-9(14)7-15/h9-10,15-16H,6-8H2,1-5H3/t9-,10+/m0/s1. The molecule has 1 saturated heterocycles. The van der Waals surface area contributed by atoms with Gasteiger partial charge in [-0.05, 0) is 27.2 Å². The van der Waals surface area contributed by atoms with Gasteiger partial charge in [-0.3, -0.25) is 0 Å². The van der Waals surface area contributed by atoms with Gasteiger partial charge in [-0.2, -0.15) is 0 Å². The first-order valence-corrected chi connectivity index (χ1v) is 6.35. The smallest absolute Gasteiger partial charge is 0.410 e. The highest BCUT2D eigenvalue weighted by Crippen LogP contribution is 2.33. The second-order valence-corrected chi connectivity index (χ2v) is 6.68. The molecule has 0 saturated carbocycles. The van der Waals surface area contributed by atoms with Crippen LogP contribution in [-0.2, 0) is 4.74 Å². The molecule has 5 heteroatoms. The highest BCUT2D eigenvalue weighted by molar-refractivity contribution is 5.69. The Balaban J connectivity index is 2.81. The molecule has 106 valence electrons. The fourth-order valence-corrected chi connectivity index (χ4v) is 2.08. The Bertz CT molecular complexity index is 309. The molecular weight excluding hydrogens is 234 g/mol. The summed E-state index contributed by atoms with van der Waals surface area (Å²) in [5.74, 6) is 0. The Labute approximate surface area is 109 Å². The van der Waals surface area contributed by atoms with E-state index >= 15 is 0 Å². The molecule has 2 atom stereocenters. The predicted molar refractivity (Wildman–Crippen MR) is 68.2 cm³/mol. The molecule has 5 nitrogen and oxygen atoms in total. The van der Waals surface area contributed by atoms with E-state index in [9.17, 15) is 15.0 Å². The van der Waals surface area contributed by atoms with Crippen LogP contribution in [0.5, 0.6) is 0 Å². The number of hydrogen-bond acceptors (Lipinski definition) is 4. The van der Waals surface area contributed by atoms with Crippen LogP contribution in [-0.4, -0.2) is 52.1 Å². The Morgan fingerprint density at radius 2 is 2.00 bits per heavy atom. The molecule has 1 aliphatic rings. The number of aliphatic hydroxyl groups is 2. The highest BCUT2D eigenvalue weighted by atomic mass is 16.6. The highest BCUT2D eigenvalue weighted by Gasteiger charge is 2.42. The van der Waals surface area contributed by atoms with E-state index in [1.54, 1.807) is 0 Å². The van der Waals surface area contributed by atoms with Crippen molar-refractivity contribution >= 4 is 6.09 Å². The summed E-state index contributed by atoms with van der Waals surface area (Å²) in [4.78, 5) is 13.6. The van der Waals surface area contributed by atoms with Gasteiger partial charge >= 0.3 is 6.09 Å². The summed E-state index contributed by atoms with van der Waals surface area (Å²) in [5, 5.41) is 19.3. The van der Waals surface area contributed by atoms with Gasteiger partial charge in [0.2, 0.25) is 0 Å². The van der Waals surface area contributed by atoms with E-state index in [0.29, 0.717) is 13.0 Å². The van der Waals surface area contributed by atoms with E-state index in [1.807, 2.05) is 34.6 Å². The lowest BCUT2D eigenvalue weighted by atomic mass is 9.79. The van der Waals surface area contributed by atoms with Crippen molar-refractivity contribution < 1.29 is 19.7 Å². The molecule has 0 aromatic rings. The normalized spacial score (nSPS) is 28.1. The molecule has 0 unspecified atom stereocenters. The summed E-state index contributed by atoms with van der Waals surface area (Å²) in [5.41, 5.74) is -0.945. The van der Waals surface area contributed by atoms with Crippen LogP contribution in [0.2, 0.25) is 0 Å². The van der Waals surface area contributed by atoms with Gasteiger partial charge < -0.3 is 19.8 Å². The molecule has 1 fully saturated rings. The predicted octanol–water partition coefficient (Wildman–Crippen LogP) is 1.38. The van der Waals surface area contributed by atoms with Crippen molar-refractivity contribution in [2.45, 2.75) is 58.8 Å². The molecule has 0 spiro atoms. The maximum atomic E-state index is 12.1. The SMILES string of the molecule is CC(C)(C)OC(=O)N1CC(C)(C)[C@H](O)C[C@H]1CO. The Morgan fingerprint density at radius 1 is 1.44 bits per heavy atom. The zero-order chi connectivity index (χ0) is 14.1. The second kappa shape index (κ2) is 5.05. The maximum absolute atomic E-state index is 12.1. The van der Waals surface area contributed by atoms with Crippen LogP contribution in [0.1, 0.15) is 41.0 Å². The monoisotopic (exact) mass is 259 g/mol. The van der Waals surface area contributed by atoms with Gasteiger partial charge in [0.1, 0.15) is 5.60 Å². The lowest BCUT2D eigenvalue weighted by Crippen LogP contribution is -2.57. The van der Waals surface area contributed by atoms with Crippen LogP contribution in [0.15, 0.2) is 0 Å². The molecule has 1 aliphatic heterocycles. The average Bonchev–Trinajstić information content (AvgIpc) is 2.18. The van der Waals surface area contributed by atoms with Crippen molar-refractivity contribution in [3.8, 4) is 0 Å². The lowest BCUT2D eigenvalue weighted by Gasteiger charge is -2.46. The zero-order valence-corrected chi connectivity index (χ0v) is 11.9. The molecule has 1 heterocycles. The third kappa shape index (κ3) is 3.59. The summed E-state index contributed by atoms with van der Waals surface area (Å²) in [6.07, 6.45) is -0.571. The van der Waals surface area contributed by atoms with Crippen molar-refractivity contribution in [2.75, 3.05) is 13.2 Å². The lowest BCUT2D eigenvalue weighted by molar-refractivity contribution is -0.0699. The molecule has 0 radical (unpaired) electrons. The fraction of sp³-hybridized carbons (Fsp3) is 0.923. The summed E-state index contributed by atoms with van der Waals surface area (Å²) in [6, 6.07) is -0.372. The minimum atomic E-state index is -0.558. The van der Waals surface area contributed by atoms with Crippen molar-refractivity contribution in [1.82, 2.24) is 4.90 Å². The van der Waals surface area contributed by atoms with Crippen LogP contribution >= 0.6 is 0 Å². The first kappa shape index (κ1) is 15.2. The second-order valence-electron chi connectivity index (χ2n) is 6.68. The Morgan fingerprint density at radius 3 is 2.44 bits per heavy atom. The number of rotatable bonds is 1. The third-order valence-corrected chi connectivity index (χ3v) is 3.25. The van der Waals surface area contributed by atoms with Crippen LogP contribution in [0.3, 0.4) is 0 Å². The van der Waals surface area contributed by atoms with Crippen molar-refractivity contribution in [1.29, 1.82) is 0 Å². The third-order valence-electron chi connectivity index (χ3n) is 3.25. The Hall–Kier alpha value is -0.810. The van der Waals surface area contributed by atoms with Gasteiger partial charge in [0.15, 0.2) is 0 Å². The van der Waals surface area contributed by atoms with Crippen LogP contribution < -0.4 is 0 Å². The van der Waals surface area contributed by atoms with Crippen LogP contribution in [0.25, 0.3) is 0 Å². The molecule has 2 N–H and O–H groups in total. The summed E-state index contributed by atoms with van der Waals surface area (Å²) >= 11 is 0. The number of ether oxygens (including phenoxy) is 1. The van der Waals surface area contributed by atoms with Gasteiger partial charge in [0.05, 0.1) is 18.8 Å². The minimum Gasteiger partial charge on any atom is -0.444 e. The topological polar surface area (TPSA) is 70.0 Å². The largest absolute Gasteiger partial charge is 0.444 e. The van der Waals surface area contributed by atoms with Gasteiger partial charge in [-0.25, -0.2) is 4.79 Å². The Kier molecular flexibility index (Phi) is 4.28. The van der Waals surface area contributed by atoms with Gasteiger partial charge in [0.25, 0.3) is 0 Å². The molecule has 0 bridgehead atoms. The molecule has 1 rings (SSSR count). The maximum Gasteiger partial charge on any atom is 0.410 e. The van der Waals surface area contributed by atoms with Crippen molar-refractivity contribution in [3.63, 3.8) is 0 Å². The van der Waals surface area contributed by atoms with Gasteiger partial charge in [-0.15, -0.1) is 0 Å².